The molecule has 0 saturated heterocycles. The van der Waals surface area contributed by atoms with Crippen molar-refractivity contribution in [3.8, 4) is 27.9 Å². The highest BCUT2D eigenvalue weighted by Crippen LogP contribution is 2.55. The Morgan fingerprint density at radius 1 is 0.559 bits per heavy atom. The molecule has 5 heterocycles. The number of anilines is 2. The van der Waals surface area contributed by atoms with Gasteiger partial charge in [0.05, 0.1) is 16.4 Å². The van der Waals surface area contributed by atoms with E-state index in [0.29, 0.717) is 0 Å². The Morgan fingerprint density at radius 2 is 1.26 bits per heavy atom. The second-order valence-corrected chi connectivity index (χ2v) is 24.6. The first-order chi connectivity index (χ1) is 32.6. The zero-order chi connectivity index (χ0) is 46.1. The van der Waals surface area contributed by atoms with Gasteiger partial charge in [-0.05, 0) is 145 Å². The van der Waals surface area contributed by atoms with Gasteiger partial charge in [-0.1, -0.05) is 135 Å². The van der Waals surface area contributed by atoms with E-state index < -0.39 is 0 Å². The first-order valence-electron chi connectivity index (χ1n) is 24.7. The van der Waals surface area contributed by atoms with E-state index >= 15 is 0 Å². The number of aromatic nitrogens is 1. The molecular weight excluding hydrogens is 844 g/mol. The zero-order valence-corrected chi connectivity index (χ0v) is 41.2. The van der Waals surface area contributed by atoms with Crippen LogP contribution in [-0.4, -0.2) is 11.4 Å². The molecule has 68 heavy (non-hydrogen) atoms. The van der Waals surface area contributed by atoms with Crippen molar-refractivity contribution in [1.29, 1.82) is 0 Å². The smallest absolute Gasteiger partial charge is 0.333 e. The lowest BCUT2D eigenvalue weighted by Gasteiger charge is -2.42. The highest BCUT2D eigenvalue weighted by atomic mass is 32.1. The molecule has 11 aromatic rings. The molecule has 0 fully saturated rings. The van der Waals surface area contributed by atoms with Crippen LogP contribution < -0.4 is 15.7 Å². The van der Waals surface area contributed by atoms with E-state index in [-0.39, 0.29) is 28.5 Å². The van der Waals surface area contributed by atoms with E-state index in [1.807, 2.05) is 11.3 Å². The molecule has 8 aromatic carbocycles. The number of thiophene rings is 1. The minimum Gasteiger partial charge on any atom is -0.455 e. The highest BCUT2D eigenvalue weighted by Gasteiger charge is 2.47. The number of fused-ring (bicyclic) bond motifs is 19. The van der Waals surface area contributed by atoms with Crippen molar-refractivity contribution in [1.82, 2.24) is 4.57 Å². The van der Waals surface area contributed by atoms with Crippen LogP contribution in [0, 0.1) is 0 Å². The molecule has 4 aliphatic rings. The van der Waals surface area contributed by atoms with Gasteiger partial charge in [-0.15, -0.1) is 11.3 Å². The Kier molecular flexibility index (Phi) is 7.28. The molecule has 0 unspecified atom stereocenters. The molecule has 0 saturated carbocycles. The molecule has 5 heteroatoms. The fourth-order valence-electron chi connectivity index (χ4n) is 13.6. The summed E-state index contributed by atoms with van der Waals surface area (Å²) in [5.41, 5.74) is 23.4. The van der Waals surface area contributed by atoms with Crippen LogP contribution in [0.2, 0.25) is 0 Å². The fraction of sp³-hybridized carbons (Fsp3) is 0.238. The summed E-state index contributed by atoms with van der Waals surface area (Å²) in [5, 5.41) is 7.49. The van der Waals surface area contributed by atoms with Gasteiger partial charge in [-0.3, -0.25) is 0 Å². The monoisotopic (exact) mass is 896 g/mol. The molecule has 0 bridgehead atoms. The third-order valence-electron chi connectivity index (χ3n) is 17.4. The molecule has 0 amide bonds. The van der Waals surface area contributed by atoms with E-state index in [4.69, 9.17) is 4.42 Å². The van der Waals surface area contributed by atoms with E-state index in [1.165, 1.54) is 133 Å². The predicted octanol–water partition coefficient (Wildman–Crippen LogP) is 16.2. The molecule has 2 aliphatic carbocycles. The van der Waals surface area contributed by atoms with E-state index in [9.17, 15) is 0 Å². The molecule has 0 atom stereocenters. The van der Waals surface area contributed by atoms with Gasteiger partial charge < -0.3 is 13.8 Å². The lowest BCUT2D eigenvalue weighted by Crippen LogP contribution is -2.60. The molecule has 3 aromatic heterocycles. The summed E-state index contributed by atoms with van der Waals surface area (Å²) in [6, 6.07) is 52.2. The quantitative estimate of drug-likeness (QED) is 0.153. The Labute approximate surface area is 402 Å². The Bertz CT molecular complexity index is 4110. The summed E-state index contributed by atoms with van der Waals surface area (Å²) in [6.07, 6.45) is 2.41. The molecule has 330 valence electrons. The Hall–Kier alpha value is -6.56. The number of para-hydroxylation sites is 1. The van der Waals surface area contributed by atoms with Crippen LogP contribution in [-0.2, 0) is 21.7 Å². The molecule has 0 spiro atoms. The fourth-order valence-corrected chi connectivity index (χ4v) is 14.7. The maximum atomic E-state index is 6.93. The van der Waals surface area contributed by atoms with Gasteiger partial charge in [0.15, 0.2) is 0 Å². The van der Waals surface area contributed by atoms with Crippen LogP contribution >= 0.6 is 11.3 Å². The summed E-state index contributed by atoms with van der Waals surface area (Å²) in [6.45, 7) is 21.5. The number of hydrogen-bond donors (Lipinski definition) is 0. The van der Waals surface area contributed by atoms with Gasteiger partial charge in [-0.25, -0.2) is 0 Å². The van der Waals surface area contributed by atoms with Crippen molar-refractivity contribution in [2.45, 2.75) is 96.8 Å². The maximum absolute atomic E-state index is 6.93. The Morgan fingerprint density at radius 3 is 2.06 bits per heavy atom. The molecule has 0 radical (unpaired) electrons. The van der Waals surface area contributed by atoms with Gasteiger partial charge in [0.25, 0.3) is 0 Å². The van der Waals surface area contributed by atoms with E-state index in [1.54, 1.807) is 0 Å². The average molecular weight is 897 g/mol. The van der Waals surface area contributed by atoms with Crippen LogP contribution in [0.4, 0.5) is 11.4 Å². The summed E-state index contributed by atoms with van der Waals surface area (Å²) in [4.78, 5) is 2.73. The molecular formula is C63H53BN2OS. The van der Waals surface area contributed by atoms with Gasteiger partial charge >= 0.3 is 6.85 Å². The number of hydrogen-bond acceptors (Lipinski definition) is 3. The van der Waals surface area contributed by atoms with Crippen LogP contribution in [0.3, 0.4) is 0 Å². The van der Waals surface area contributed by atoms with Crippen molar-refractivity contribution >= 4 is 104 Å². The van der Waals surface area contributed by atoms with Crippen molar-refractivity contribution in [2.24, 2.45) is 0 Å². The van der Waals surface area contributed by atoms with Crippen LogP contribution in [0.25, 0.3) is 91.9 Å². The predicted molar refractivity (Wildman–Crippen MR) is 292 cm³/mol. The average Bonchev–Trinajstić information content (AvgIpc) is 4.04. The van der Waals surface area contributed by atoms with Crippen molar-refractivity contribution < 1.29 is 4.42 Å². The summed E-state index contributed by atoms with van der Waals surface area (Å²) >= 11 is 1.97. The van der Waals surface area contributed by atoms with E-state index in [2.05, 4.69) is 205 Å². The second kappa shape index (κ2) is 12.6. The van der Waals surface area contributed by atoms with Gasteiger partial charge in [0.2, 0.25) is 0 Å². The van der Waals surface area contributed by atoms with Crippen LogP contribution in [0.15, 0.2) is 138 Å². The maximum Gasteiger partial charge on any atom is 0.333 e. The number of rotatable bonds is 1. The summed E-state index contributed by atoms with van der Waals surface area (Å²) in [7, 11) is 0. The largest absolute Gasteiger partial charge is 0.455 e. The molecule has 15 rings (SSSR count). The van der Waals surface area contributed by atoms with Crippen molar-refractivity contribution in [3.05, 3.63) is 161 Å². The van der Waals surface area contributed by atoms with Gasteiger partial charge in [0.1, 0.15) is 11.2 Å². The summed E-state index contributed by atoms with van der Waals surface area (Å²) in [5.74, 6) is 0. The minimum atomic E-state index is -0.162. The van der Waals surface area contributed by atoms with Crippen molar-refractivity contribution in [3.63, 3.8) is 0 Å². The lowest BCUT2D eigenvalue weighted by atomic mass is 9.43. The topological polar surface area (TPSA) is 21.3 Å². The van der Waals surface area contributed by atoms with Gasteiger partial charge in [0, 0.05) is 64.4 Å². The third kappa shape index (κ3) is 4.86. The number of nitrogens with zero attached hydrogens (tertiary/aromatic N) is 2. The lowest BCUT2D eigenvalue weighted by molar-refractivity contribution is 0.332. The normalized spacial score (nSPS) is 17.1. The molecule has 3 nitrogen and oxygen atoms in total. The standard InChI is InChI=1S/C63H53BN2OS/c1-60(2,3)34-18-20-35(21-19-34)66-51-30-44-43-28-47-48(62(6,7)27-26-61(47,4)5)33-55(43)68-54(44)31-42(51)38-22-23-40-56-50(25-24-39-37-15-11-13-17-53(37)67-59(39)56)65-52-29-41-36-14-10-12-16-45(36)63(8,9)46(41)32-49(52)64(66)57(38)58(40)65/h10-25,28-33H,26-27H2,1-9H3. The zero-order valence-electron chi connectivity index (χ0n) is 40.4. The SMILES string of the molecule is CC(C)(C)c1ccc(N2B3c4cc5c(cc4-n4c6ccc7c8ccccc8oc7c6c6ccc(c3c64)-c3cc4sc6cc7c(cc6c4cc32)C(C)(C)CCC7(C)C)-c2ccccc2C5(C)C)cc1. The number of furan rings is 1. The molecule has 0 N–H and O–H groups in total. The highest BCUT2D eigenvalue weighted by molar-refractivity contribution is 7.25. The Balaban J connectivity index is 1.10. The minimum absolute atomic E-state index is 0.0296. The van der Waals surface area contributed by atoms with Gasteiger partial charge in [-0.2, -0.15) is 0 Å². The number of benzene rings is 8. The van der Waals surface area contributed by atoms with Crippen molar-refractivity contribution in [2.75, 3.05) is 4.81 Å². The van der Waals surface area contributed by atoms with Crippen LogP contribution in [0.1, 0.15) is 103 Å². The second-order valence-electron chi connectivity index (χ2n) is 23.5. The molecule has 2 aliphatic heterocycles. The first-order valence-corrected chi connectivity index (χ1v) is 25.6. The first kappa shape index (κ1) is 39.4. The summed E-state index contributed by atoms with van der Waals surface area (Å²) < 4.78 is 12.3. The third-order valence-corrected chi connectivity index (χ3v) is 18.5. The van der Waals surface area contributed by atoms with Crippen LogP contribution in [0.5, 0.6) is 0 Å². The van der Waals surface area contributed by atoms with E-state index in [0.717, 1.165) is 21.9 Å².